The largest absolute Gasteiger partial charge is 0.333 e. The number of fused-ring (bicyclic) bond motifs is 2. The molecule has 3 heterocycles. The average Bonchev–Trinajstić information content (AvgIpc) is 3.30. The maximum atomic E-state index is 14.1. The molecule has 4 atom stereocenters. The van der Waals surface area contributed by atoms with Gasteiger partial charge in [-0.2, -0.15) is 5.26 Å². The molecule has 2 N–H and O–H groups in total. The predicted molar refractivity (Wildman–Crippen MR) is 100 cm³/mol. The van der Waals surface area contributed by atoms with Crippen LogP contribution in [-0.2, 0) is 4.79 Å². The van der Waals surface area contributed by atoms with Crippen LogP contribution in [0.3, 0.4) is 0 Å². The molecule has 3 aliphatic rings. The molecule has 2 bridgehead atoms. The molecule has 2 unspecified atom stereocenters. The summed E-state index contributed by atoms with van der Waals surface area (Å²) in [5, 5.41) is 9.23. The molecule has 0 aliphatic carbocycles. The van der Waals surface area contributed by atoms with Crippen LogP contribution in [0, 0.1) is 34.7 Å². The molecule has 0 saturated carbocycles. The Morgan fingerprint density at radius 3 is 2.33 bits per heavy atom. The van der Waals surface area contributed by atoms with Gasteiger partial charge in [0.05, 0.1) is 17.7 Å². The van der Waals surface area contributed by atoms with Crippen molar-refractivity contribution in [2.45, 2.75) is 62.7 Å². The lowest BCUT2D eigenvalue weighted by atomic mass is 9.84. The van der Waals surface area contributed by atoms with Crippen molar-refractivity contribution in [1.82, 2.24) is 9.80 Å². The van der Waals surface area contributed by atoms with Gasteiger partial charge >= 0.3 is 0 Å². The van der Waals surface area contributed by atoms with E-state index in [1.807, 2.05) is 0 Å². The molecule has 1 aromatic carbocycles. The number of hydrogen-bond donors (Lipinski definition) is 1. The average molecular weight is 420 g/mol. The Morgan fingerprint density at radius 1 is 1.07 bits per heavy atom. The van der Waals surface area contributed by atoms with Crippen LogP contribution in [0.25, 0.3) is 0 Å². The molecule has 160 valence electrons. The number of rotatable bonds is 3. The fourth-order valence-electron chi connectivity index (χ4n) is 5.23. The second kappa shape index (κ2) is 7.91. The minimum atomic E-state index is -1.34. The highest BCUT2D eigenvalue weighted by Crippen LogP contribution is 2.41. The Hall–Kier alpha value is -2.60. The topological polar surface area (TPSA) is 90.4 Å². The van der Waals surface area contributed by atoms with Gasteiger partial charge in [0.1, 0.15) is 11.9 Å². The van der Waals surface area contributed by atoms with E-state index < -0.39 is 41.0 Å². The Labute approximate surface area is 172 Å². The van der Waals surface area contributed by atoms with Crippen molar-refractivity contribution in [2.24, 2.45) is 11.7 Å². The molecular weight excluding hydrogens is 397 g/mol. The van der Waals surface area contributed by atoms with E-state index in [4.69, 9.17) is 5.73 Å². The molecule has 2 amide bonds. The zero-order chi connectivity index (χ0) is 21.6. The number of nitriles is 1. The zero-order valence-corrected chi connectivity index (χ0v) is 16.4. The van der Waals surface area contributed by atoms with Crippen LogP contribution in [0.4, 0.5) is 13.2 Å². The smallest absolute Gasteiger partial charge is 0.257 e. The number of likely N-dealkylation sites (tertiary alicyclic amines) is 1. The summed E-state index contributed by atoms with van der Waals surface area (Å²) in [4.78, 5) is 28.8. The Morgan fingerprint density at radius 2 is 1.70 bits per heavy atom. The van der Waals surface area contributed by atoms with Gasteiger partial charge in [-0.25, -0.2) is 13.2 Å². The standard InChI is InChI=1S/C21H23F3N4O2/c22-16-9-18(24)17(23)8-15(16)20(29)28-12-3-4-13(28)7-11(6-12)19(26)21(30)27-5-1-2-14(27)10-25/h8-9,11-14,19H,1-7,26H2/t11?,12?,13?,14-,19-/m0/s1. The maximum absolute atomic E-state index is 14.1. The lowest BCUT2D eigenvalue weighted by Gasteiger charge is -2.41. The van der Waals surface area contributed by atoms with Crippen molar-refractivity contribution in [3.8, 4) is 6.07 Å². The zero-order valence-electron chi connectivity index (χ0n) is 16.4. The van der Waals surface area contributed by atoms with E-state index in [0.29, 0.717) is 50.8 Å². The van der Waals surface area contributed by atoms with Gasteiger partial charge < -0.3 is 15.5 Å². The van der Waals surface area contributed by atoms with Gasteiger partial charge in [0, 0.05) is 24.7 Å². The van der Waals surface area contributed by atoms with Crippen LogP contribution < -0.4 is 5.73 Å². The van der Waals surface area contributed by atoms with E-state index in [1.54, 1.807) is 4.90 Å². The van der Waals surface area contributed by atoms with Gasteiger partial charge in [0.15, 0.2) is 11.6 Å². The Kier molecular flexibility index (Phi) is 5.45. The first kappa shape index (κ1) is 20.7. The van der Waals surface area contributed by atoms with Crippen LogP contribution in [0.1, 0.15) is 48.9 Å². The molecule has 0 spiro atoms. The molecule has 0 radical (unpaired) electrons. The Balaban J connectivity index is 1.48. The number of halogens is 3. The normalized spacial score (nSPS) is 29.0. The van der Waals surface area contributed by atoms with E-state index in [2.05, 4.69) is 6.07 Å². The van der Waals surface area contributed by atoms with Gasteiger partial charge in [-0.3, -0.25) is 9.59 Å². The van der Waals surface area contributed by atoms with Gasteiger partial charge in [0.2, 0.25) is 5.91 Å². The second-order valence-corrected chi connectivity index (χ2v) is 8.42. The van der Waals surface area contributed by atoms with E-state index in [9.17, 15) is 28.0 Å². The summed E-state index contributed by atoms with van der Waals surface area (Å²) in [5.74, 6) is -4.77. The summed E-state index contributed by atoms with van der Waals surface area (Å²) in [7, 11) is 0. The maximum Gasteiger partial charge on any atom is 0.257 e. The van der Waals surface area contributed by atoms with E-state index in [-0.39, 0.29) is 23.9 Å². The van der Waals surface area contributed by atoms with Crippen LogP contribution in [-0.4, -0.2) is 52.3 Å². The number of benzene rings is 1. The van der Waals surface area contributed by atoms with Crippen LogP contribution in [0.15, 0.2) is 12.1 Å². The van der Waals surface area contributed by atoms with Crippen LogP contribution in [0.2, 0.25) is 0 Å². The third-order valence-electron chi connectivity index (χ3n) is 6.72. The number of carbonyl (C=O) groups excluding carboxylic acids is 2. The lowest BCUT2D eigenvalue weighted by molar-refractivity contribution is -0.134. The molecule has 6 nitrogen and oxygen atoms in total. The minimum absolute atomic E-state index is 0.159. The summed E-state index contributed by atoms with van der Waals surface area (Å²) >= 11 is 0. The fraction of sp³-hybridized carbons (Fsp3) is 0.571. The van der Waals surface area contributed by atoms with Crippen molar-refractivity contribution < 1.29 is 22.8 Å². The second-order valence-electron chi connectivity index (χ2n) is 8.42. The number of nitrogens with zero attached hydrogens (tertiary/aromatic N) is 3. The highest BCUT2D eigenvalue weighted by Gasteiger charge is 2.47. The van der Waals surface area contributed by atoms with Crippen molar-refractivity contribution in [1.29, 1.82) is 5.26 Å². The monoisotopic (exact) mass is 420 g/mol. The van der Waals surface area contributed by atoms with Gasteiger partial charge in [-0.05, 0) is 50.5 Å². The molecule has 3 saturated heterocycles. The summed E-state index contributed by atoms with van der Waals surface area (Å²) in [5.41, 5.74) is 5.79. The van der Waals surface area contributed by atoms with E-state index >= 15 is 0 Å². The Bertz CT molecular complexity index is 904. The first-order valence-corrected chi connectivity index (χ1v) is 10.2. The van der Waals surface area contributed by atoms with Crippen LogP contribution in [0.5, 0.6) is 0 Å². The van der Waals surface area contributed by atoms with E-state index in [1.165, 1.54) is 4.90 Å². The first-order valence-electron chi connectivity index (χ1n) is 10.2. The van der Waals surface area contributed by atoms with E-state index in [0.717, 1.165) is 6.42 Å². The molecule has 3 aliphatic heterocycles. The van der Waals surface area contributed by atoms with Crippen molar-refractivity contribution >= 4 is 11.8 Å². The van der Waals surface area contributed by atoms with Gasteiger partial charge in [-0.1, -0.05) is 0 Å². The summed E-state index contributed by atoms with van der Waals surface area (Å²) in [6.07, 6.45) is 3.74. The first-order chi connectivity index (χ1) is 14.3. The fourth-order valence-corrected chi connectivity index (χ4v) is 5.23. The summed E-state index contributed by atoms with van der Waals surface area (Å²) in [6, 6.07) is 1.44. The summed E-state index contributed by atoms with van der Waals surface area (Å²) < 4.78 is 40.9. The number of carbonyl (C=O) groups is 2. The molecule has 4 rings (SSSR count). The molecule has 3 fully saturated rings. The molecule has 0 aromatic heterocycles. The van der Waals surface area contributed by atoms with Crippen LogP contribution >= 0.6 is 0 Å². The number of piperidine rings is 1. The minimum Gasteiger partial charge on any atom is -0.333 e. The van der Waals surface area contributed by atoms with Gasteiger partial charge in [-0.15, -0.1) is 0 Å². The SMILES string of the molecule is N#C[C@@H]1CCCN1C(=O)[C@@H](N)C1CC2CCC(C1)N2C(=O)c1cc(F)c(F)cc1F. The predicted octanol–water partition coefficient (Wildman–Crippen LogP) is 2.33. The molecule has 9 heteroatoms. The molecular formula is C21H23F3N4O2. The third-order valence-corrected chi connectivity index (χ3v) is 6.72. The van der Waals surface area contributed by atoms with Crippen molar-refractivity contribution in [3.63, 3.8) is 0 Å². The van der Waals surface area contributed by atoms with Crippen molar-refractivity contribution in [2.75, 3.05) is 6.54 Å². The number of nitrogens with two attached hydrogens (primary N) is 1. The highest BCUT2D eigenvalue weighted by molar-refractivity contribution is 5.95. The molecule has 1 aromatic rings. The van der Waals surface area contributed by atoms with Gasteiger partial charge in [0.25, 0.3) is 5.91 Å². The lowest BCUT2D eigenvalue weighted by Crippen LogP contribution is -2.55. The third kappa shape index (κ3) is 3.43. The summed E-state index contributed by atoms with van der Waals surface area (Å²) in [6.45, 7) is 0.518. The molecule has 30 heavy (non-hydrogen) atoms. The highest BCUT2D eigenvalue weighted by atomic mass is 19.2. The van der Waals surface area contributed by atoms with Crippen molar-refractivity contribution in [3.05, 3.63) is 35.1 Å². The number of amides is 2. The quantitative estimate of drug-likeness (QED) is 0.760. The number of hydrogen-bond acceptors (Lipinski definition) is 4.